The van der Waals surface area contributed by atoms with E-state index in [4.69, 9.17) is 17.3 Å². The van der Waals surface area contributed by atoms with E-state index < -0.39 is 0 Å². The number of pyridine rings is 1. The van der Waals surface area contributed by atoms with E-state index in [1.165, 1.54) is 11.8 Å². The highest BCUT2D eigenvalue weighted by Gasteiger charge is 2.06. The third-order valence-corrected chi connectivity index (χ3v) is 3.44. The first kappa shape index (κ1) is 13.1. The lowest BCUT2D eigenvalue weighted by molar-refractivity contribution is 0.901. The van der Waals surface area contributed by atoms with Crippen LogP contribution in [0.3, 0.4) is 0 Å². The van der Waals surface area contributed by atoms with Gasteiger partial charge in [0.15, 0.2) is 5.16 Å². The van der Waals surface area contributed by atoms with Gasteiger partial charge in [0.1, 0.15) is 5.82 Å². The summed E-state index contributed by atoms with van der Waals surface area (Å²) < 4.78 is 0. The lowest BCUT2D eigenvalue weighted by Crippen LogP contribution is -1.97. The molecule has 0 aliphatic heterocycles. The van der Waals surface area contributed by atoms with E-state index in [0.29, 0.717) is 16.6 Å². The van der Waals surface area contributed by atoms with E-state index in [1.54, 1.807) is 12.1 Å². The van der Waals surface area contributed by atoms with Crippen molar-refractivity contribution in [3.8, 4) is 0 Å². The van der Waals surface area contributed by atoms with Gasteiger partial charge in [0, 0.05) is 17.1 Å². The Kier molecular flexibility index (Phi) is 4.04. The maximum Gasteiger partial charge on any atom is 0.188 e. The molecule has 0 unspecified atom stereocenters. The number of thioether (sulfide) groups is 1. The van der Waals surface area contributed by atoms with Crippen LogP contribution in [0.1, 0.15) is 17.1 Å². The highest BCUT2D eigenvalue weighted by atomic mass is 35.5. The van der Waals surface area contributed by atoms with Gasteiger partial charge in [-0.2, -0.15) is 0 Å². The van der Waals surface area contributed by atoms with Crippen molar-refractivity contribution in [3.05, 3.63) is 40.3 Å². The molecule has 94 valence electrons. The van der Waals surface area contributed by atoms with Crippen molar-refractivity contribution >= 4 is 29.2 Å². The van der Waals surface area contributed by atoms with Crippen LogP contribution in [0.5, 0.6) is 0 Å². The van der Waals surface area contributed by atoms with E-state index in [2.05, 4.69) is 15.0 Å². The smallest absolute Gasteiger partial charge is 0.188 e. The average Bonchev–Trinajstić information content (AvgIpc) is 2.29. The van der Waals surface area contributed by atoms with E-state index in [9.17, 15) is 0 Å². The number of nitrogens with two attached hydrogens (primary N) is 1. The van der Waals surface area contributed by atoms with E-state index in [-0.39, 0.29) is 0 Å². The number of aryl methyl sites for hydroxylation is 2. The Balaban J connectivity index is 2.13. The van der Waals surface area contributed by atoms with Gasteiger partial charge in [-0.1, -0.05) is 23.4 Å². The van der Waals surface area contributed by atoms with Gasteiger partial charge in [-0.15, -0.1) is 0 Å². The SMILES string of the molecule is Cc1cc(C)nc(SCc2nc(N)ccc2Cl)n1. The second-order valence-corrected chi connectivity index (χ2v) is 5.24. The summed E-state index contributed by atoms with van der Waals surface area (Å²) >= 11 is 7.55. The molecule has 0 aliphatic rings. The van der Waals surface area contributed by atoms with Crippen LogP contribution < -0.4 is 5.73 Å². The van der Waals surface area contributed by atoms with E-state index >= 15 is 0 Å². The molecule has 0 atom stereocenters. The van der Waals surface area contributed by atoms with Gasteiger partial charge in [-0.25, -0.2) is 15.0 Å². The zero-order valence-corrected chi connectivity index (χ0v) is 11.7. The molecule has 0 spiro atoms. The minimum Gasteiger partial charge on any atom is -0.384 e. The molecule has 2 aromatic heterocycles. The van der Waals surface area contributed by atoms with Crippen molar-refractivity contribution < 1.29 is 0 Å². The first-order valence-electron chi connectivity index (χ1n) is 5.40. The molecular formula is C12H13ClN4S. The molecule has 2 N–H and O–H groups in total. The zero-order chi connectivity index (χ0) is 13.1. The summed E-state index contributed by atoms with van der Waals surface area (Å²) in [4.78, 5) is 12.9. The third kappa shape index (κ3) is 3.34. The van der Waals surface area contributed by atoms with Crippen molar-refractivity contribution in [2.24, 2.45) is 0 Å². The monoisotopic (exact) mass is 280 g/mol. The normalized spacial score (nSPS) is 10.6. The number of anilines is 1. The van der Waals surface area contributed by atoms with Crippen LogP contribution in [0.4, 0.5) is 5.82 Å². The molecule has 0 bridgehead atoms. The second kappa shape index (κ2) is 5.54. The fourth-order valence-corrected chi connectivity index (χ4v) is 2.65. The number of rotatable bonds is 3. The molecule has 0 saturated heterocycles. The number of hydrogen-bond acceptors (Lipinski definition) is 5. The van der Waals surface area contributed by atoms with Gasteiger partial charge >= 0.3 is 0 Å². The molecule has 18 heavy (non-hydrogen) atoms. The molecule has 6 heteroatoms. The Bertz CT molecular complexity index is 554. The summed E-state index contributed by atoms with van der Waals surface area (Å²) in [7, 11) is 0. The molecule has 2 rings (SSSR count). The van der Waals surface area contributed by atoms with Gasteiger partial charge in [0.2, 0.25) is 0 Å². The second-order valence-electron chi connectivity index (χ2n) is 3.89. The molecule has 0 aliphatic carbocycles. The number of hydrogen-bond donors (Lipinski definition) is 1. The lowest BCUT2D eigenvalue weighted by atomic mass is 10.4. The fraction of sp³-hybridized carbons (Fsp3) is 0.250. The summed E-state index contributed by atoms with van der Waals surface area (Å²) in [5.41, 5.74) is 8.30. The van der Waals surface area contributed by atoms with Crippen molar-refractivity contribution in [1.82, 2.24) is 15.0 Å². The minimum absolute atomic E-state index is 0.469. The summed E-state index contributed by atoms with van der Waals surface area (Å²) in [6.07, 6.45) is 0. The number of nitrogens with zero attached hydrogens (tertiary/aromatic N) is 3. The van der Waals surface area contributed by atoms with Crippen LogP contribution >= 0.6 is 23.4 Å². The van der Waals surface area contributed by atoms with Gasteiger partial charge in [0.25, 0.3) is 0 Å². The number of nitrogen functional groups attached to an aromatic ring is 1. The van der Waals surface area contributed by atoms with Crippen molar-refractivity contribution in [2.75, 3.05) is 5.73 Å². The Hall–Kier alpha value is -1.33. The van der Waals surface area contributed by atoms with Crippen molar-refractivity contribution in [2.45, 2.75) is 24.8 Å². The lowest BCUT2D eigenvalue weighted by Gasteiger charge is -2.05. The maximum atomic E-state index is 6.05. The molecule has 2 aromatic rings. The molecule has 0 amide bonds. The quantitative estimate of drug-likeness (QED) is 0.691. The maximum absolute atomic E-state index is 6.05. The van der Waals surface area contributed by atoms with Crippen LogP contribution in [-0.4, -0.2) is 15.0 Å². The summed E-state index contributed by atoms with van der Waals surface area (Å²) in [6.45, 7) is 3.90. The van der Waals surface area contributed by atoms with Crippen LogP contribution in [0.2, 0.25) is 5.02 Å². The summed E-state index contributed by atoms with van der Waals surface area (Å²) in [5, 5.41) is 1.34. The first-order chi connectivity index (χ1) is 8.54. The predicted molar refractivity (Wildman–Crippen MR) is 74.7 cm³/mol. The first-order valence-corrected chi connectivity index (χ1v) is 6.77. The largest absolute Gasteiger partial charge is 0.384 e. The molecule has 0 saturated carbocycles. The van der Waals surface area contributed by atoms with Crippen LogP contribution in [0.15, 0.2) is 23.4 Å². The standard InChI is InChI=1S/C12H13ClN4S/c1-7-5-8(2)16-12(15-7)18-6-10-9(13)3-4-11(14)17-10/h3-5H,6H2,1-2H3,(H2,14,17). The van der Waals surface area contributed by atoms with E-state index in [0.717, 1.165) is 22.2 Å². The highest BCUT2D eigenvalue weighted by molar-refractivity contribution is 7.98. The molecule has 2 heterocycles. The third-order valence-electron chi connectivity index (χ3n) is 2.24. The zero-order valence-electron chi connectivity index (χ0n) is 10.1. The Morgan fingerprint density at radius 1 is 1.17 bits per heavy atom. The Morgan fingerprint density at radius 3 is 2.50 bits per heavy atom. The fourth-order valence-electron chi connectivity index (χ4n) is 1.49. The molecule has 0 aromatic carbocycles. The van der Waals surface area contributed by atoms with Gasteiger partial charge in [0.05, 0.1) is 10.7 Å². The van der Waals surface area contributed by atoms with Gasteiger partial charge in [-0.05, 0) is 32.0 Å². The number of aromatic nitrogens is 3. The highest BCUT2D eigenvalue weighted by Crippen LogP contribution is 2.24. The average molecular weight is 281 g/mol. The van der Waals surface area contributed by atoms with Crippen LogP contribution in [0.25, 0.3) is 0 Å². The minimum atomic E-state index is 0.469. The van der Waals surface area contributed by atoms with Crippen molar-refractivity contribution in [1.29, 1.82) is 0 Å². The van der Waals surface area contributed by atoms with Crippen molar-refractivity contribution in [3.63, 3.8) is 0 Å². The van der Waals surface area contributed by atoms with Gasteiger partial charge in [-0.3, -0.25) is 0 Å². The van der Waals surface area contributed by atoms with Crippen LogP contribution in [0, 0.1) is 13.8 Å². The molecule has 0 fully saturated rings. The molecule has 4 nitrogen and oxygen atoms in total. The van der Waals surface area contributed by atoms with Gasteiger partial charge < -0.3 is 5.73 Å². The molecular weight excluding hydrogens is 268 g/mol. The predicted octanol–water partition coefficient (Wildman–Crippen LogP) is 3.02. The van der Waals surface area contributed by atoms with Crippen LogP contribution in [-0.2, 0) is 5.75 Å². The number of halogens is 1. The Morgan fingerprint density at radius 2 is 1.83 bits per heavy atom. The topological polar surface area (TPSA) is 64.7 Å². The molecule has 0 radical (unpaired) electrons. The van der Waals surface area contributed by atoms with E-state index in [1.807, 2.05) is 19.9 Å². The summed E-state index contributed by atoms with van der Waals surface area (Å²) in [6, 6.07) is 5.38. The summed E-state index contributed by atoms with van der Waals surface area (Å²) in [5.74, 6) is 1.07. The Labute approximate surface area is 115 Å².